The van der Waals surface area contributed by atoms with Gasteiger partial charge in [-0.05, 0) is 48.9 Å². The van der Waals surface area contributed by atoms with Crippen molar-refractivity contribution in [3.8, 4) is 0 Å². The van der Waals surface area contributed by atoms with E-state index in [2.05, 4.69) is 26.1 Å². The van der Waals surface area contributed by atoms with Crippen LogP contribution in [0.25, 0.3) is 0 Å². The maximum atomic E-state index is 11.5. The highest BCUT2D eigenvalue weighted by Gasteiger charge is 2.53. The molecule has 2 bridgehead atoms. The monoisotopic (exact) mass is 223 g/mol. The summed E-state index contributed by atoms with van der Waals surface area (Å²) in [5, 5.41) is 3.11. The highest BCUT2D eigenvalue weighted by atomic mass is 16.1. The lowest BCUT2D eigenvalue weighted by Crippen LogP contribution is -2.54. The van der Waals surface area contributed by atoms with Crippen molar-refractivity contribution in [3.05, 3.63) is 0 Å². The first-order valence-corrected chi connectivity index (χ1v) is 6.82. The first-order valence-electron chi connectivity index (χ1n) is 6.82. The van der Waals surface area contributed by atoms with Crippen LogP contribution in [0, 0.1) is 23.2 Å². The molecule has 0 saturated heterocycles. The van der Waals surface area contributed by atoms with E-state index in [1.165, 1.54) is 19.3 Å². The molecule has 3 aliphatic carbocycles. The Bertz CT molecular complexity index is 270. The van der Waals surface area contributed by atoms with Gasteiger partial charge >= 0.3 is 0 Å². The lowest BCUT2D eigenvalue weighted by Gasteiger charge is -2.60. The number of fused-ring (bicyclic) bond motifs is 2. The number of amides is 1. The summed E-state index contributed by atoms with van der Waals surface area (Å²) >= 11 is 0. The van der Waals surface area contributed by atoms with Crippen LogP contribution in [0.5, 0.6) is 0 Å². The Balaban J connectivity index is 1.80. The number of carbonyl (C=O) groups is 1. The molecule has 0 unspecified atom stereocenters. The van der Waals surface area contributed by atoms with E-state index in [4.69, 9.17) is 0 Å². The summed E-state index contributed by atoms with van der Waals surface area (Å²) in [6.07, 6.45) is 5.74. The predicted octanol–water partition coefficient (Wildman–Crippen LogP) is 2.98. The van der Waals surface area contributed by atoms with E-state index in [1.54, 1.807) is 0 Å². The molecule has 0 radical (unpaired) electrons. The minimum atomic E-state index is 0.238. The van der Waals surface area contributed by atoms with Gasteiger partial charge in [-0.15, -0.1) is 0 Å². The molecule has 3 atom stereocenters. The summed E-state index contributed by atoms with van der Waals surface area (Å²) in [7, 11) is 0. The summed E-state index contributed by atoms with van der Waals surface area (Å²) < 4.78 is 0. The molecule has 3 aliphatic rings. The third-order valence-corrected chi connectivity index (χ3v) is 5.04. The Labute approximate surface area is 99.2 Å². The van der Waals surface area contributed by atoms with Crippen molar-refractivity contribution in [1.29, 1.82) is 0 Å². The highest BCUT2D eigenvalue weighted by Crippen LogP contribution is 2.61. The molecular weight excluding hydrogens is 198 g/mol. The summed E-state index contributed by atoms with van der Waals surface area (Å²) in [5.74, 6) is 2.79. The van der Waals surface area contributed by atoms with E-state index in [-0.39, 0.29) is 5.91 Å². The van der Waals surface area contributed by atoms with Crippen molar-refractivity contribution in [2.45, 2.75) is 52.9 Å². The van der Waals surface area contributed by atoms with Gasteiger partial charge in [0, 0.05) is 13.0 Å². The zero-order valence-corrected chi connectivity index (χ0v) is 10.9. The van der Waals surface area contributed by atoms with Gasteiger partial charge in [0.1, 0.15) is 0 Å². The second kappa shape index (κ2) is 4.38. The third kappa shape index (κ3) is 1.99. The molecule has 0 aromatic heterocycles. The number of hydrogen-bond acceptors (Lipinski definition) is 1. The van der Waals surface area contributed by atoms with Crippen molar-refractivity contribution >= 4 is 5.91 Å². The van der Waals surface area contributed by atoms with Gasteiger partial charge in [-0.3, -0.25) is 4.79 Å². The van der Waals surface area contributed by atoms with E-state index < -0.39 is 0 Å². The highest BCUT2D eigenvalue weighted by molar-refractivity contribution is 5.75. The second-order valence-electron chi connectivity index (χ2n) is 6.25. The van der Waals surface area contributed by atoms with Crippen LogP contribution >= 0.6 is 0 Å². The summed E-state index contributed by atoms with van der Waals surface area (Å²) in [5.41, 5.74) is 0.540. The molecule has 3 rings (SSSR count). The molecule has 2 heteroatoms. The third-order valence-electron chi connectivity index (χ3n) is 5.04. The number of rotatable bonds is 4. The Morgan fingerprint density at radius 1 is 1.38 bits per heavy atom. The Hall–Kier alpha value is -0.530. The number of nitrogens with one attached hydrogen (secondary N) is 1. The lowest BCUT2D eigenvalue weighted by molar-refractivity contribution is -0.124. The van der Waals surface area contributed by atoms with E-state index >= 15 is 0 Å². The van der Waals surface area contributed by atoms with Crippen molar-refractivity contribution in [1.82, 2.24) is 5.32 Å². The second-order valence-corrected chi connectivity index (χ2v) is 6.25. The molecule has 1 N–H and O–H groups in total. The molecule has 1 amide bonds. The molecule has 0 heterocycles. The molecule has 0 aliphatic heterocycles. The van der Waals surface area contributed by atoms with Crippen molar-refractivity contribution in [3.63, 3.8) is 0 Å². The maximum Gasteiger partial charge on any atom is 0.219 e. The van der Waals surface area contributed by atoms with Crippen LogP contribution in [0.2, 0.25) is 0 Å². The van der Waals surface area contributed by atoms with E-state index in [0.29, 0.717) is 11.8 Å². The molecule has 3 fully saturated rings. The summed E-state index contributed by atoms with van der Waals surface area (Å²) in [6, 6.07) is 0. The van der Waals surface area contributed by atoms with Crippen molar-refractivity contribution < 1.29 is 4.79 Å². The standard InChI is InChI=1S/C14H25NO/c1-4-5-13(16)15-9-10-6-7-11-8-12(10)14(11,2)3/h10-12H,4-9H2,1-3H3,(H,15,16)/t10-,11-,12-/m0/s1. The Kier molecular flexibility index (Phi) is 3.27. The fourth-order valence-electron chi connectivity index (χ4n) is 3.77. The largest absolute Gasteiger partial charge is 0.356 e. The molecule has 16 heavy (non-hydrogen) atoms. The molecule has 0 spiro atoms. The van der Waals surface area contributed by atoms with Crippen LogP contribution in [0.3, 0.4) is 0 Å². The van der Waals surface area contributed by atoms with Crippen LogP contribution in [-0.2, 0) is 4.79 Å². The van der Waals surface area contributed by atoms with Gasteiger partial charge in [0.2, 0.25) is 5.91 Å². The summed E-state index contributed by atoms with van der Waals surface area (Å²) in [6.45, 7) is 7.79. The van der Waals surface area contributed by atoms with Gasteiger partial charge in [0.25, 0.3) is 0 Å². The van der Waals surface area contributed by atoms with Gasteiger partial charge in [0.15, 0.2) is 0 Å². The molecule has 3 saturated carbocycles. The van der Waals surface area contributed by atoms with Crippen molar-refractivity contribution in [2.24, 2.45) is 23.2 Å². The lowest BCUT2D eigenvalue weighted by atomic mass is 9.45. The zero-order valence-electron chi connectivity index (χ0n) is 10.9. The predicted molar refractivity (Wildman–Crippen MR) is 66.0 cm³/mol. The molecular formula is C14H25NO. The summed E-state index contributed by atoms with van der Waals surface area (Å²) in [4.78, 5) is 11.5. The van der Waals surface area contributed by atoms with Gasteiger partial charge in [-0.2, -0.15) is 0 Å². The first kappa shape index (κ1) is 11.9. The minimum Gasteiger partial charge on any atom is -0.356 e. The van der Waals surface area contributed by atoms with Crippen LogP contribution in [-0.4, -0.2) is 12.5 Å². The average Bonchev–Trinajstić information content (AvgIpc) is 2.27. The van der Waals surface area contributed by atoms with E-state index in [0.717, 1.165) is 30.7 Å². The average molecular weight is 223 g/mol. The van der Waals surface area contributed by atoms with E-state index in [9.17, 15) is 4.79 Å². The fourth-order valence-corrected chi connectivity index (χ4v) is 3.77. The Morgan fingerprint density at radius 2 is 2.12 bits per heavy atom. The van der Waals surface area contributed by atoms with Gasteiger partial charge in [0.05, 0.1) is 0 Å². The van der Waals surface area contributed by atoms with Crippen LogP contribution in [0.15, 0.2) is 0 Å². The van der Waals surface area contributed by atoms with Gasteiger partial charge < -0.3 is 5.32 Å². The van der Waals surface area contributed by atoms with Crippen molar-refractivity contribution in [2.75, 3.05) is 6.54 Å². The van der Waals surface area contributed by atoms with Crippen LogP contribution < -0.4 is 5.32 Å². The maximum absolute atomic E-state index is 11.5. The van der Waals surface area contributed by atoms with E-state index in [1.807, 2.05) is 0 Å². The van der Waals surface area contributed by atoms with Gasteiger partial charge in [-0.1, -0.05) is 20.8 Å². The van der Waals surface area contributed by atoms with Crippen LogP contribution in [0.4, 0.5) is 0 Å². The minimum absolute atomic E-state index is 0.238. The molecule has 92 valence electrons. The van der Waals surface area contributed by atoms with Gasteiger partial charge in [-0.25, -0.2) is 0 Å². The zero-order chi connectivity index (χ0) is 11.8. The fraction of sp³-hybridized carbons (Fsp3) is 0.929. The smallest absolute Gasteiger partial charge is 0.219 e. The normalized spacial score (nSPS) is 35.3. The number of carbonyl (C=O) groups excluding carboxylic acids is 1. The number of hydrogen-bond donors (Lipinski definition) is 1. The quantitative estimate of drug-likeness (QED) is 0.780. The SMILES string of the molecule is CCCC(=O)NC[C@@H]1CC[C@H]2C[C@@H]1C2(C)C. The molecule has 2 nitrogen and oxygen atoms in total. The Morgan fingerprint density at radius 3 is 2.69 bits per heavy atom. The van der Waals surface area contributed by atoms with Crippen LogP contribution in [0.1, 0.15) is 52.9 Å². The topological polar surface area (TPSA) is 29.1 Å². The first-order chi connectivity index (χ1) is 7.55. The molecule has 0 aromatic carbocycles. The molecule has 0 aromatic rings.